The lowest BCUT2D eigenvalue weighted by Gasteiger charge is -2.24. The smallest absolute Gasteiger partial charge is 0.360 e. The summed E-state index contributed by atoms with van der Waals surface area (Å²) >= 11 is 24.8. The van der Waals surface area contributed by atoms with Crippen molar-refractivity contribution in [3.05, 3.63) is 116 Å². The fourth-order valence-electron chi connectivity index (χ4n) is 3.70. The van der Waals surface area contributed by atoms with Crippen molar-refractivity contribution in [2.45, 2.75) is 13.5 Å². The molecule has 4 rings (SSSR count). The van der Waals surface area contributed by atoms with E-state index in [1.54, 1.807) is 6.92 Å². The van der Waals surface area contributed by atoms with E-state index >= 15 is 0 Å². The zero-order valence-electron chi connectivity index (χ0n) is 19.8. The number of anilines is 1. The first-order valence-electron chi connectivity index (χ1n) is 11.3. The summed E-state index contributed by atoms with van der Waals surface area (Å²) in [5.74, 6) is -2.59. The molecular weight excluding hydrogens is 572 g/mol. The Bertz CT molecular complexity index is 1460. The Morgan fingerprint density at radius 1 is 0.842 bits per heavy atom. The Morgan fingerprint density at radius 2 is 1.39 bits per heavy atom. The molecular formula is C27H19Cl4N3O4. The minimum Gasteiger partial charge on any atom is -0.461 e. The molecule has 38 heavy (non-hydrogen) atoms. The number of carbonyl (C=O) groups is 3. The molecule has 4 aromatic rings. The minimum atomic E-state index is -0.831. The molecule has 0 spiro atoms. The first-order chi connectivity index (χ1) is 18.2. The molecule has 7 nitrogen and oxygen atoms in total. The lowest BCUT2D eigenvalue weighted by molar-refractivity contribution is 0.0521. The molecule has 1 aromatic heterocycles. The van der Waals surface area contributed by atoms with Crippen LogP contribution >= 0.6 is 46.4 Å². The second-order valence-electron chi connectivity index (χ2n) is 7.94. The Balaban J connectivity index is 1.95. The van der Waals surface area contributed by atoms with Crippen molar-refractivity contribution in [2.75, 3.05) is 11.5 Å². The van der Waals surface area contributed by atoms with Crippen LogP contribution in [0, 0.1) is 0 Å². The van der Waals surface area contributed by atoms with Crippen LogP contribution in [0.1, 0.15) is 43.7 Å². The summed E-state index contributed by atoms with van der Waals surface area (Å²) in [5.41, 5.74) is 0.531. The van der Waals surface area contributed by atoms with Crippen LogP contribution in [0.3, 0.4) is 0 Å². The molecule has 0 aliphatic rings. The highest BCUT2D eigenvalue weighted by Gasteiger charge is 2.35. The van der Waals surface area contributed by atoms with Gasteiger partial charge < -0.3 is 9.30 Å². The van der Waals surface area contributed by atoms with E-state index in [4.69, 9.17) is 51.1 Å². The lowest BCUT2D eigenvalue weighted by Crippen LogP contribution is -2.40. The molecule has 0 atom stereocenters. The number of halogens is 4. The van der Waals surface area contributed by atoms with Gasteiger partial charge in [-0.1, -0.05) is 76.7 Å². The molecule has 1 heterocycles. The Morgan fingerprint density at radius 3 is 1.89 bits per heavy atom. The van der Waals surface area contributed by atoms with Gasteiger partial charge in [-0.25, -0.2) is 14.7 Å². The van der Waals surface area contributed by atoms with E-state index in [-0.39, 0.29) is 45.8 Å². The summed E-state index contributed by atoms with van der Waals surface area (Å²) in [5, 5.41) is 0.613. The first kappa shape index (κ1) is 27.7. The monoisotopic (exact) mass is 589 g/mol. The number of benzene rings is 3. The maximum Gasteiger partial charge on any atom is 0.360 e. The van der Waals surface area contributed by atoms with E-state index < -0.39 is 17.8 Å². The lowest BCUT2D eigenvalue weighted by atomic mass is 10.1. The van der Waals surface area contributed by atoms with E-state index in [2.05, 4.69) is 4.98 Å². The second kappa shape index (κ2) is 12.0. The SMILES string of the molecule is CCOC(=O)c1ncn(Cc2ccccc2)c1N(C(=O)c1ccc(Cl)cc1Cl)C(=O)c1ccc(Cl)cc1Cl. The van der Waals surface area contributed by atoms with Crippen molar-refractivity contribution in [1.29, 1.82) is 0 Å². The van der Waals surface area contributed by atoms with Gasteiger partial charge in [0.25, 0.3) is 11.8 Å². The number of imidazole rings is 1. The van der Waals surface area contributed by atoms with Gasteiger partial charge >= 0.3 is 5.97 Å². The number of hydrogen-bond acceptors (Lipinski definition) is 5. The topological polar surface area (TPSA) is 81.5 Å². The number of hydrogen-bond donors (Lipinski definition) is 0. The van der Waals surface area contributed by atoms with Crippen molar-refractivity contribution in [3.63, 3.8) is 0 Å². The quantitative estimate of drug-likeness (QED) is 0.168. The Kier molecular flexibility index (Phi) is 8.74. The standard InChI is InChI=1S/C27H19Cl4N3O4/c1-2-38-27(37)23-24(33(15-32-23)14-16-6-4-3-5-7-16)34(25(35)19-10-8-17(28)12-21(19)30)26(36)20-11-9-18(29)13-22(20)31/h3-13,15H,2,14H2,1H3. The number of rotatable bonds is 7. The molecule has 3 aromatic carbocycles. The third-order valence-corrected chi connectivity index (χ3v) is 6.51. The second-order valence-corrected chi connectivity index (χ2v) is 9.63. The molecule has 0 saturated carbocycles. The summed E-state index contributed by atoms with van der Waals surface area (Å²) in [7, 11) is 0. The van der Waals surface area contributed by atoms with Crippen LogP contribution in [-0.4, -0.2) is 33.9 Å². The maximum atomic E-state index is 14.0. The molecule has 0 N–H and O–H groups in total. The minimum absolute atomic E-state index is 0.00862. The van der Waals surface area contributed by atoms with Gasteiger partial charge in [-0.15, -0.1) is 0 Å². The first-order valence-corrected chi connectivity index (χ1v) is 12.8. The zero-order chi connectivity index (χ0) is 27.4. The predicted octanol–water partition coefficient (Wildman–Crippen LogP) is 7.21. The van der Waals surface area contributed by atoms with E-state index in [1.807, 2.05) is 30.3 Å². The van der Waals surface area contributed by atoms with Gasteiger partial charge in [-0.3, -0.25) is 9.59 Å². The highest BCUT2D eigenvalue weighted by Crippen LogP contribution is 2.31. The van der Waals surface area contributed by atoms with Gasteiger partial charge in [0, 0.05) is 10.0 Å². The number of esters is 1. The van der Waals surface area contributed by atoms with E-state index in [9.17, 15) is 14.4 Å². The molecule has 0 radical (unpaired) electrons. The van der Waals surface area contributed by atoms with Gasteiger partial charge in [0.1, 0.15) is 0 Å². The average molecular weight is 591 g/mol. The number of nitrogens with zero attached hydrogens (tertiary/aromatic N) is 3. The highest BCUT2D eigenvalue weighted by atomic mass is 35.5. The van der Waals surface area contributed by atoms with E-state index in [0.29, 0.717) is 10.0 Å². The van der Waals surface area contributed by atoms with Crippen LogP contribution in [0.15, 0.2) is 73.1 Å². The maximum absolute atomic E-state index is 14.0. The zero-order valence-corrected chi connectivity index (χ0v) is 22.9. The summed E-state index contributed by atoms with van der Waals surface area (Å²) in [6, 6.07) is 17.7. The van der Waals surface area contributed by atoms with Crippen LogP contribution in [0.25, 0.3) is 0 Å². The summed E-state index contributed by atoms with van der Waals surface area (Å²) in [4.78, 5) is 46.0. The van der Waals surface area contributed by atoms with Crippen molar-refractivity contribution in [2.24, 2.45) is 0 Å². The third-order valence-electron chi connectivity index (χ3n) is 5.42. The molecule has 2 amide bonds. The van der Waals surface area contributed by atoms with Gasteiger partial charge in [0.15, 0.2) is 11.5 Å². The van der Waals surface area contributed by atoms with Crippen LogP contribution in [0.4, 0.5) is 5.82 Å². The summed E-state index contributed by atoms with van der Waals surface area (Å²) in [6.07, 6.45) is 1.36. The van der Waals surface area contributed by atoms with Gasteiger partial charge in [0.05, 0.1) is 40.7 Å². The van der Waals surface area contributed by atoms with Crippen LogP contribution in [0.5, 0.6) is 0 Å². The van der Waals surface area contributed by atoms with Crippen molar-refractivity contribution >= 4 is 70.0 Å². The molecule has 0 aliphatic carbocycles. The number of ether oxygens (including phenoxy) is 1. The van der Waals surface area contributed by atoms with Gasteiger partial charge in [-0.05, 0) is 48.9 Å². The fourth-order valence-corrected chi connectivity index (χ4v) is 4.68. The van der Waals surface area contributed by atoms with Crippen molar-refractivity contribution in [3.8, 4) is 0 Å². The van der Waals surface area contributed by atoms with Crippen LogP contribution in [0.2, 0.25) is 20.1 Å². The summed E-state index contributed by atoms with van der Waals surface area (Å²) in [6.45, 7) is 1.87. The van der Waals surface area contributed by atoms with E-state index in [0.717, 1.165) is 10.5 Å². The number of amides is 2. The molecule has 0 saturated heterocycles. The van der Waals surface area contributed by atoms with Crippen LogP contribution in [-0.2, 0) is 11.3 Å². The molecule has 0 bridgehead atoms. The fraction of sp³-hybridized carbons (Fsp3) is 0.111. The molecule has 11 heteroatoms. The molecule has 0 aliphatic heterocycles. The van der Waals surface area contributed by atoms with Crippen molar-refractivity contribution in [1.82, 2.24) is 9.55 Å². The normalized spacial score (nSPS) is 10.8. The number of carbonyl (C=O) groups excluding carboxylic acids is 3. The Labute approximate surface area is 238 Å². The number of imide groups is 1. The number of aromatic nitrogens is 2. The van der Waals surface area contributed by atoms with Gasteiger partial charge in [-0.2, -0.15) is 0 Å². The van der Waals surface area contributed by atoms with E-state index in [1.165, 1.54) is 47.3 Å². The Hall–Kier alpha value is -3.36. The third kappa shape index (κ3) is 5.87. The molecule has 194 valence electrons. The van der Waals surface area contributed by atoms with Gasteiger partial charge in [0.2, 0.25) is 0 Å². The van der Waals surface area contributed by atoms with Crippen LogP contribution < -0.4 is 4.90 Å². The molecule has 0 unspecified atom stereocenters. The highest BCUT2D eigenvalue weighted by molar-refractivity contribution is 6.41. The summed E-state index contributed by atoms with van der Waals surface area (Å²) < 4.78 is 6.69. The molecule has 0 fully saturated rings. The average Bonchev–Trinajstić information content (AvgIpc) is 3.27. The van der Waals surface area contributed by atoms with Crippen molar-refractivity contribution < 1.29 is 19.1 Å². The largest absolute Gasteiger partial charge is 0.461 e. The predicted molar refractivity (Wildman–Crippen MR) is 148 cm³/mol.